The van der Waals surface area contributed by atoms with E-state index in [1.54, 1.807) is 34.3 Å². The monoisotopic (exact) mass is 422 g/mol. The molecule has 2 aromatic carbocycles. The van der Waals surface area contributed by atoms with Gasteiger partial charge >= 0.3 is 0 Å². The fourth-order valence-electron chi connectivity index (χ4n) is 3.31. The highest BCUT2D eigenvalue weighted by molar-refractivity contribution is 7.98. The van der Waals surface area contributed by atoms with Crippen molar-refractivity contribution in [3.8, 4) is 0 Å². The lowest BCUT2D eigenvalue weighted by Gasteiger charge is -2.19. The molecule has 0 saturated carbocycles. The fourth-order valence-corrected chi connectivity index (χ4v) is 4.76. The smallest absolute Gasteiger partial charge is 0.233 e. The molecule has 1 amide bonds. The standard InChI is InChI=1S/C23H22N2O2S2/c1-15-11-16(2)22-20(12-15)24-23(29-22)25(14-18-5-4-10-27-18)21(26)13-17-6-8-19(28-3)9-7-17/h4-12H,13-14H2,1-3H3. The number of furan rings is 1. The Morgan fingerprint density at radius 1 is 1.17 bits per heavy atom. The summed E-state index contributed by atoms with van der Waals surface area (Å²) < 4.78 is 6.63. The summed E-state index contributed by atoms with van der Waals surface area (Å²) in [6.07, 6.45) is 4.00. The number of hydrogen-bond acceptors (Lipinski definition) is 5. The summed E-state index contributed by atoms with van der Waals surface area (Å²) in [5.74, 6) is 0.745. The predicted octanol–water partition coefficient (Wildman–Crippen LogP) is 6.00. The van der Waals surface area contributed by atoms with Gasteiger partial charge in [-0.15, -0.1) is 11.8 Å². The first-order valence-electron chi connectivity index (χ1n) is 9.37. The van der Waals surface area contributed by atoms with Crippen LogP contribution in [0.3, 0.4) is 0 Å². The second-order valence-electron chi connectivity index (χ2n) is 7.01. The lowest BCUT2D eigenvalue weighted by atomic mass is 10.1. The summed E-state index contributed by atoms with van der Waals surface area (Å²) in [4.78, 5) is 21.0. The van der Waals surface area contributed by atoms with E-state index < -0.39 is 0 Å². The number of carbonyl (C=O) groups excluding carboxylic acids is 1. The minimum Gasteiger partial charge on any atom is -0.467 e. The number of nitrogens with zero attached hydrogens (tertiary/aromatic N) is 2. The van der Waals surface area contributed by atoms with Gasteiger partial charge in [0, 0.05) is 4.90 Å². The number of thiazole rings is 1. The summed E-state index contributed by atoms with van der Waals surface area (Å²) in [6, 6.07) is 16.1. The molecular weight excluding hydrogens is 400 g/mol. The van der Waals surface area contributed by atoms with Crippen molar-refractivity contribution >= 4 is 44.4 Å². The van der Waals surface area contributed by atoms with Crippen LogP contribution in [0.15, 0.2) is 64.1 Å². The predicted molar refractivity (Wildman–Crippen MR) is 121 cm³/mol. The van der Waals surface area contributed by atoms with Crippen LogP contribution in [-0.2, 0) is 17.8 Å². The molecule has 0 aliphatic carbocycles. The van der Waals surface area contributed by atoms with E-state index in [9.17, 15) is 4.79 Å². The maximum absolute atomic E-state index is 13.3. The van der Waals surface area contributed by atoms with Crippen LogP contribution in [-0.4, -0.2) is 17.1 Å². The van der Waals surface area contributed by atoms with E-state index in [0.29, 0.717) is 18.1 Å². The summed E-state index contributed by atoms with van der Waals surface area (Å²) in [5, 5.41) is 0.704. The van der Waals surface area contributed by atoms with Gasteiger partial charge in [0.2, 0.25) is 5.91 Å². The number of fused-ring (bicyclic) bond motifs is 1. The highest BCUT2D eigenvalue weighted by Crippen LogP contribution is 2.33. The van der Waals surface area contributed by atoms with Gasteiger partial charge < -0.3 is 4.42 Å². The Hall–Kier alpha value is -2.57. The molecule has 0 saturated heterocycles. The largest absolute Gasteiger partial charge is 0.467 e. The average Bonchev–Trinajstić information content (AvgIpc) is 3.36. The van der Waals surface area contributed by atoms with E-state index in [1.807, 2.05) is 42.7 Å². The Labute approximate surface area is 178 Å². The molecule has 6 heteroatoms. The second-order valence-corrected chi connectivity index (χ2v) is 8.87. The Morgan fingerprint density at radius 3 is 2.66 bits per heavy atom. The Morgan fingerprint density at radius 2 is 1.97 bits per heavy atom. The van der Waals surface area contributed by atoms with Crippen molar-refractivity contribution in [1.82, 2.24) is 4.98 Å². The number of hydrogen-bond donors (Lipinski definition) is 0. The third-order valence-electron chi connectivity index (χ3n) is 4.75. The third kappa shape index (κ3) is 4.38. The van der Waals surface area contributed by atoms with Crippen LogP contribution >= 0.6 is 23.1 Å². The number of thioether (sulfide) groups is 1. The quantitative estimate of drug-likeness (QED) is 0.357. The maximum atomic E-state index is 13.3. The summed E-state index contributed by atoms with van der Waals surface area (Å²) in [5.41, 5.74) is 4.28. The highest BCUT2D eigenvalue weighted by Gasteiger charge is 2.22. The molecule has 0 atom stereocenters. The van der Waals surface area contributed by atoms with E-state index in [0.717, 1.165) is 21.5 Å². The molecule has 4 aromatic rings. The first kappa shape index (κ1) is 19.7. The van der Waals surface area contributed by atoms with Gasteiger partial charge in [0.25, 0.3) is 0 Å². The van der Waals surface area contributed by atoms with Crippen LogP contribution in [0.5, 0.6) is 0 Å². The zero-order valence-corrected chi connectivity index (χ0v) is 18.3. The van der Waals surface area contributed by atoms with Gasteiger partial charge in [0.15, 0.2) is 5.13 Å². The van der Waals surface area contributed by atoms with Crippen molar-refractivity contribution in [3.63, 3.8) is 0 Å². The number of anilines is 1. The Kier molecular flexibility index (Phi) is 5.74. The van der Waals surface area contributed by atoms with Crippen LogP contribution in [0.1, 0.15) is 22.5 Å². The molecular formula is C23H22N2O2S2. The topological polar surface area (TPSA) is 46.3 Å². The van der Waals surface area contributed by atoms with Crippen LogP contribution < -0.4 is 4.90 Å². The van der Waals surface area contributed by atoms with E-state index in [2.05, 4.69) is 26.0 Å². The molecule has 4 nitrogen and oxygen atoms in total. The van der Waals surface area contributed by atoms with Crippen molar-refractivity contribution in [2.24, 2.45) is 0 Å². The molecule has 29 heavy (non-hydrogen) atoms. The number of benzene rings is 2. The fraction of sp³-hybridized carbons (Fsp3) is 0.217. The molecule has 4 rings (SSSR count). The van der Waals surface area contributed by atoms with Gasteiger partial charge in [-0.25, -0.2) is 4.98 Å². The van der Waals surface area contributed by atoms with Gasteiger partial charge in [-0.2, -0.15) is 0 Å². The highest BCUT2D eigenvalue weighted by atomic mass is 32.2. The van der Waals surface area contributed by atoms with Crippen molar-refractivity contribution in [1.29, 1.82) is 0 Å². The van der Waals surface area contributed by atoms with E-state index >= 15 is 0 Å². The van der Waals surface area contributed by atoms with Gasteiger partial charge in [-0.3, -0.25) is 9.69 Å². The van der Waals surface area contributed by atoms with E-state index in [-0.39, 0.29) is 5.91 Å². The van der Waals surface area contributed by atoms with Crippen molar-refractivity contribution in [2.75, 3.05) is 11.2 Å². The SMILES string of the molecule is CSc1ccc(CC(=O)N(Cc2ccco2)c2nc3cc(C)cc(C)c3s2)cc1. The zero-order chi connectivity index (χ0) is 20.4. The normalized spacial score (nSPS) is 11.1. The molecule has 0 spiro atoms. The second kappa shape index (κ2) is 8.43. The molecule has 0 N–H and O–H groups in total. The number of aromatic nitrogens is 1. The van der Waals surface area contributed by atoms with Crippen LogP contribution in [0, 0.1) is 13.8 Å². The minimum absolute atomic E-state index is 0.00623. The molecule has 0 fully saturated rings. The van der Waals surface area contributed by atoms with Gasteiger partial charge in [-0.1, -0.05) is 29.5 Å². The van der Waals surface area contributed by atoms with Crippen LogP contribution in [0.25, 0.3) is 10.2 Å². The average molecular weight is 423 g/mol. The molecule has 0 bridgehead atoms. The molecule has 0 radical (unpaired) electrons. The molecule has 0 unspecified atom stereocenters. The molecule has 2 heterocycles. The molecule has 148 valence electrons. The lowest BCUT2D eigenvalue weighted by molar-refractivity contribution is -0.118. The number of rotatable bonds is 6. The molecule has 0 aliphatic heterocycles. The number of amides is 1. The van der Waals surface area contributed by atoms with Crippen LogP contribution in [0.4, 0.5) is 5.13 Å². The minimum atomic E-state index is 0.00623. The molecule has 2 aromatic heterocycles. The van der Waals surface area contributed by atoms with Crippen molar-refractivity contribution in [2.45, 2.75) is 31.7 Å². The molecule has 0 aliphatic rings. The van der Waals surface area contributed by atoms with Crippen molar-refractivity contribution < 1.29 is 9.21 Å². The lowest BCUT2D eigenvalue weighted by Crippen LogP contribution is -2.31. The van der Waals surface area contributed by atoms with E-state index in [1.165, 1.54) is 16.0 Å². The van der Waals surface area contributed by atoms with Gasteiger partial charge in [-0.05, 0) is 67.1 Å². The summed E-state index contributed by atoms with van der Waals surface area (Å²) in [7, 11) is 0. The van der Waals surface area contributed by atoms with E-state index in [4.69, 9.17) is 9.40 Å². The number of carbonyl (C=O) groups is 1. The number of aryl methyl sites for hydroxylation is 2. The summed E-state index contributed by atoms with van der Waals surface area (Å²) >= 11 is 3.25. The third-order valence-corrected chi connectivity index (χ3v) is 6.72. The summed E-state index contributed by atoms with van der Waals surface area (Å²) in [6.45, 7) is 4.52. The Balaban J connectivity index is 1.67. The van der Waals surface area contributed by atoms with Gasteiger partial charge in [0.05, 0.1) is 29.4 Å². The maximum Gasteiger partial charge on any atom is 0.233 e. The van der Waals surface area contributed by atoms with Crippen LogP contribution in [0.2, 0.25) is 0 Å². The zero-order valence-electron chi connectivity index (χ0n) is 16.6. The Bertz CT molecular complexity index is 1130. The first-order valence-corrected chi connectivity index (χ1v) is 11.4. The first-order chi connectivity index (χ1) is 14.0. The van der Waals surface area contributed by atoms with Gasteiger partial charge in [0.1, 0.15) is 5.76 Å². The van der Waals surface area contributed by atoms with Crippen molar-refractivity contribution in [3.05, 3.63) is 77.2 Å².